The van der Waals surface area contributed by atoms with Gasteiger partial charge < -0.3 is 0 Å². The van der Waals surface area contributed by atoms with Gasteiger partial charge in [-0.05, 0) is 34.4 Å². The van der Waals surface area contributed by atoms with Crippen molar-refractivity contribution in [1.29, 1.82) is 0 Å². The molecule has 0 bridgehead atoms. The second kappa shape index (κ2) is 6.83. The van der Waals surface area contributed by atoms with E-state index < -0.39 is 0 Å². The highest BCUT2D eigenvalue weighted by molar-refractivity contribution is 7.37. The van der Waals surface area contributed by atoms with Crippen LogP contribution >= 0.6 is 8.19 Å². The second-order valence-corrected chi connectivity index (χ2v) is 6.91. The normalized spacial score (nSPS) is 10.5. The van der Waals surface area contributed by atoms with Crippen molar-refractivity contribution >= 4 is 8.19 Å². The molecule has 0 fully saturated rings. The minimum atomic E-state index is 1.25. The van der Waals surface area contributed by atoms with Crippen LogP contribution in [0.2, 0.25) is 0 Å². The van der Waals surface area contributed by atoms with Crippen LogP contribution < -0.4 is 0 Å². The molecule has 0 N–H and O–H groups in total. The molecule has 0 amide bonds. The van der Waals surface area contributed by atoms with Gasteiger partial charge in [0.2, 0.25) is 0 Å². The van der Waals surface area contributed by atoms with Gasteiger partial charge in [-0.2, -0.15) is 0 Å². The molecule has 114 valence electrons. The average Bonchev–Trinajstić information content (AvgIpc) is 2.70. The van der Waals surface area contributed by atoms with Crippen LogP contribution in [-0.2, 0) is 0 Å². The maximum atomic E-state index is 2.32. The summed E-state index contributed by atoms with van der Waals surface area (Å²) in [6.45, 7) is 0. The third kappa shape index (κ3) is 3.15. The van der Waals surface area contributed by atoms with E-state index in [1.807, 2.05) is 0 Å². The van der Waals surface area contributed by atoms with Crippen molar-refractivity contribution in [3.8, 4) is 32.8 Å². The summed E-state index contributed by atoms with van der Waals surface area (Å²) in [6.07, 6.45) is 0. The molecule has 1 heterocycles. The van der Waals surface area contributed by atoms with Gasteiger partial charge in [0.05, 0.1) is 0 Å². The Labute approximate surface area is 144 Å². The van der Waals surface area contributed by atoms with Crippen LogP contribution in [-0.4, -0.2) is 0 Å². The number of hydrogen-bond acceptors (Lipinski definition) is 0. The first-order valence-electron chi connectivity index (χ1n) is 8.08. The van der Waals surface area contributed by atoms with Crippen molar-refractivity contribution in [2.75, 3.05) is 0 Å². The molecule has 0 saturated carbocycles. The molecular formula is C23H17P. The Hall–Kier alpha value is -2.69. The molecule has 0 unspecified atom stereocenters. The fourth-order valence-corrected chi connectivity index (χ4v) is 4.06. The Kier molecular flexibility index (Phi) is 4.23. The van der Waals surface area contributed by atoms with E-state index in [4.69, 9.17) is 0 Å². The lowest BCUT2D eigenvalue weighted by Crippen LogP contribution is -1.82. The highest BCUT2D eigenvalue weighted by Gasteiger charge is 2.07. The number of benzene rings is 3. The first kappa shape index (κ1) is 14.9. The van der Waals surface area contributed by atoms with E-state index in [1.54, 1.807) is 0 Å². The third-order valence-electron chi connectivity index (χ3n) is 4.07. The molecule has 0 radical (unpaired) electrons. The average molecular weight is 324 g/mol. The summed E-state index contributed by atoms with van der Waals surface area (Å²) in [7, 11) is 1.25. The molecule has 0 spiro atoms. The van der Waals surface area contributed by atoms with E-state index in [9.17, 15) is 0 Å². The van der Waals surface area contributed by atoms with Gasteiger partial charge in [-0.25, -0.2) is 0 Å². The minimum Gasteiger partial charge on any atom is -0.0622 e. The van der Waals surface area contributed by atoms with Crippen LogP contribution in [0.5, 0.6) is 0 Å². The van der Waals surface area contributed by atoms with E-state index >= 15 is 0 Å². The van der Waals surface area contributed by atoms with Gasteiger partial charge in [0, 0.05) is 10.6 Å². The highest BCUT2D eigenvalue weighted by Crippen LogP contribution is 2.40. The lowest BCUT2D eigenvalue weighted by molar-refractivity contribution is 1.63. The number of hydrogen-bond donors (Lipinski definition) is 0. The summed E-state index contributed by atoms with van der Waals surface area (Å²) in [4.78, 5) is 0. The summed E-state index contributed by atoms with van der Waals surface area (Å²) in [5.74, 6) is 0. The second-order valence-electron chi connectivity index (χ2n) is 5.72. The molecule has 1 heteroatoms. The Balaban J connectivity index is 1.92. The van der Waals surface area contributed by atoms with Crippen LogP contribution in [0.4, 0.5) is 0 Å². The van der Waals surface area contributed by atoms with Gasteiger partial charge in [0.25, 0.3) is 0 Å². The van der Waals surface area contributed by atoms with Crippen molar-refractivity contribution in [2.24, 2.45) is 0 Å². The molecule has 1 aromatic heterocycles. The highest BCUT2D eigenvalue weighted by atomic mass is 31.0. The minimum absolute atomic E-state index is 1.25. The Bertz CT molecular complexity index is 790. The first-order chi connectivity index (χ1) is 11.9. The zero-order valence-electron chi connectivity index (χ0n) is 13.3. The molecule has 24 heavy (non-hydrogen) atoms. The lowest BCUT2D eigenvalue weighted by atomic mass is 10.0. The molecule has 0 atom stereocenters. The molecule has 0 aliphatic carbocycles. The Morgan fingerprint density at radius 3 is 1.17 bits per heavy atom. The van der Waals surface area contributed by atoms with Gasteiger partial charge >= 0.3 is 0 Å². The molecular weight excluding hydrogens is 307 g/mol. The first-order valence-corrected chi connectivity index (χ1v) is 8.98. The monoisotopic (exact) mass is 324 g/mol. The third-order valence-corrected chi connectivity index (χ3v) is 5.33. The predicted octanol–water partition coefficient (Wildman–Crippen LogP) is 7.27. The van der Waals surface area contributed by atoms with E-state index in [0.29, 0.717) is 0 Å². The molecule has 4 aromatic rings. The van der Waals surface area contributed by atoms with Crippen LogP contribution in [0, 0.1) is 0 Å². The van der Waals surface area contributed by atoms with E-state index in [0.717, 1.165) is 0 Å². The van der Waals surface area contributed by atoms with Crippen molar-refractivity contribution in [1.82, 2.24) is 0 Å². The summed E-state index contributed by atoms with van der Waals surface area (Å²) in [6, 6.07) is 36.6. The van der Waals surface area contributed by atoms with Crippen LogP contribution in [0.3, 0.4) is 0 Å². The molecule has 3 aromatic carbocycles. The zero-order valence-corrected chi connectivity index (χ0v) is 14.2. The fourth-order valence-electron chi connectivity index (χ4n) is 2.84. The number of rotatable bonds is 3. The molecule has 0 aliphatic heterocycles. The van der Waals surface area contributed by atoms with Gasteiger partial charge in [-0.15, -0.1) is 0 Å². The summed E-state index contributed by atoms with van der Waals surface area (Å²) >= 11 is 0. The maximum absolute atomic E-state index is 2.32. The standard InChI is InChI=1S/C23H17P/c1-4-10-18(11-5-1)21-16-22(19-12-6-2-7-13-19)24-23(17-21)20-14-8-3-9-15-20/h1-17H. The van der Waals surface area contributed by atoms with Gasteiger partial charge in [-0.1, -0.05) is 99.2 Å². The van der Waals surface area contributed by atoms with Gasteiger partial charge in [-0.3, -0.25) is 0 Å². The summed E-state index contributed by atoms with van der Waals surface area (Å²) in [5.41, 5.74) is 5.10. The molecule has 0 saturated heterocycles. The zero-order chi connectivity index (χ0) is 16.2. The van der Waals surface area contributed by atoms with Crippen LogP contribution in [0.25, 0.3) is 32.8 Å². The van der Waals surface area contributed by atoms with E-state index in [-0.39, 0.29) is 0 Å². The molecule has 0 nitrogen and oxygen atoms in total. The largest absolute Gasteiger partial charge is 0.0622 e. The fraction of sp³-hybridized carbons (Fsp3) is 0. The van der Waals surface area contributed by atoms with Crippen molar-refractivity contribution < 1.29 is 0 Å². The van der Waals surface area contributed by atoms with Crippen molar-refractivity contribution in [3.63, 3.8) is 0 Å². The van der Waals surface area contributed by atoms with Gasteiger partial charge in [0.1, 0.15) is 0 Å². The van der Waals surface area contributed by atoms with Crippen molar-refractivity contribution in [3.05, 3.63) is 103 Å². The summed E-state index contributed by atoms with van der Waals surface area (Å²) < 4.78 is 0. The summed E-state index contributed by atoms with van der Waals surface area (Å²) in [5, 5.41) is 2.69. The van der Waals surface area contributed by atoms with Crippen molar-refractivity contribution in [2.45, 2.75) is 0 Å². The smallest absolute Gasteiger partial charge is 0.0102 e. The maximum Gasteiger partial charge on any atom is 0.0102 e. The van der Waals surface area contributed by atoms with Gasteiger partial charge in [0.15, 0.2) is 0 Å². The SMILES string of the molecule is c1ccc(-c2cc(-c3ccccc3)pc(-c3ccccc3)c2)cc1. The Morgan fingerprint density at radius 2 is 0.750 bits per heavy atom. The van der Waals surface area contributed by atoms with Crippen LogP contribution in [0.15, 0.2) is 103 Å². The quantitative estimate of drug-likeness (QED) is 0.372. The predicted molar refractivity (Wildman–Crippen MR) is 105 cm³/mol. The van der Waals surface area contributed by atoms with Crippen LogP contribution in [0.1, 0.15) is 0 Å². The topological polar surface area (TPSA) is 0 Å². The van der Waals surface area contributed by atoms with E-state index in [2.05, 4.69) is 103 Å². The molecule has 4 rings (SSSR count). The lowest BCUT2D eigenvalue weighted by Gasteiger charge is -2.10. The Morgan fingerprint density at radius 1 is 0.375 bits per heavy atom. The van der Waals surface area contributed by atoms with E-state index in [1.165, 1.54) is 41.0 Å². The molecule has 0 aliphatic rings.